The highest BCUT2D eigenvalue weighted by atomic mass is 32.2. The summed E-state index contributed by atoms with van der Waals surface area (Å²) < 4.78 is 26.4. The van der Waals surface area contributed by atoms with Crippen molar-refractivity contribution in [3.63, 3.8) is 0 Å². The summed E-state index contributed by atoms with van der Waals surface area (Å²) in [5.41, 5.74) is 0. The topological polar surface area (TPSA) is 84.3 Å². The van der Waals surface area contributed by atoms with E-state index < -0.39 is 10.0 Å². The number of hydrogen-bond acceptors (Lipinski definition) is 4. The maximum Gasteiger partial charge on any atom is 0.224 e. The Balaban J connectivity index is 1.87. The molecule has 1 fully saturated rings. The van der Waals surface area contributed by atoms with Gasteiger partial charge in [-0.05, 0) is 19.8 Å². The minimum atomic E-state index is -3.22. The van der Waals surface area contributed by atoms with Crippen LogP contribution in [0.4, 0.5) is 0 Å². The molecule has 2 atom stereocenters. The lowest BCUT2D eigenvalue weighted by Gasteiger charge is -2.30. The lowest BCUT2D eigenvalue weighted by atomic mass is 9.98. The van der Waals surface area contributed by atoms with Gasteiger partial charge in [0.25, 0.3) is 0 Å². The fourth-order valence-electron chi connectivity index (χ4n) is 2.57. The van der Waals surface area contributed by atoms with Crippen molar-refractivity contribution in [2.24, 2.45) is 5.92 Å². The molecule has 1 aliphatic rings. The van der Waals surface area contributed by atoms with Gasteiger partial charge < -0.3 is 9.88 Å². The maximum absolute atomic E-state index is 12.3. The summed E-state index contributed by atoms with van der Waals surface area (Å²) in [5, 5.41) is 2.95. The largest absolute Gasteiger partial charge is 0.352 e. The van der Waals surface area contributed by atoms with Crippen LogP contribution in [0, 0.1) is 5.92 Å². The molecule has 7 nitrogen and oxygen atoms in total. The molecule has 1 aromatic rings. The molecule has 0 bridgehead atoms. The van der Waals surface area contributed by atoms with Crippen LogP contribution in [0.2, 0.25) is 0 Å². The van der Waals surface area contributed by atoms with Crippen LogP contribution in [0.25, 0.3) is 0 Å². The second-order valence-electron chi connectivity index (χ2n) is 5.63. The highest BCUT2D eigenvalue weighted by Gasteiger charge is 2.30. The Labute approximate surface area is 125 Å². The monoisotopic (exact) mass is 314 g/mol. The quantitative estimate of drug-likeness (QED) is 0.833. The number of carbonyl (C=O) groups excluding carboxylic acids is 1. The van der Waals surface area contributed by atoms with Crippen molar-refractivity contribution in [2.45, 2.75) is 32.4 Å². The Hall–Kier alpha value is -1.41. The molecule has 1 saturated heterocycles. The first-order chi connectivity index (χ1) is 9.86. The minimum absolute atomic E-state index is 0.0275. The zero-order valence-corrected chi connectivity index (χ0v) is 13.2. The van der Waals surface area contributed by atoms with E-state index in [1.54, 1.807) is 12.5 Å². The van der Waals surface area contributed by atoms with Crippen molar-refractivity contribution in [2.75, 3.05) is 19.3 Å². The van der Waals surface area contributed by atoms with Gasteiger partial charge in [0, 0.05) is 38.1 Å². The van der Waals surface area contributed by atoms with E-state index in [0.717, 1.165) is 12.8 Å². The third-order valence-electron chi connectivity index (χ3n) is 3.66. The summed E-state index contributed by atoms with van der Waals surface area (Å²) in [6.07, 6.45) is 7.88. The van der Waals surface area contributed by atoms with Crippen LogP contribution in [-0.4, -0.2) is 53.6 Å². The number of amides is 1. The molecule has 0 radical (unpaired) electrons. The van der Waals surface area contributed by atoms with Gasteiger partial charge in [-0.3, -0.25) is 4.79 Å². The summed E-state index contributed by atoms with van der Waals surface area (Å²) >= 11 is 0. The highest BCUT2D eigenvalue weighted by molar-refractivity contribution is 7.88. The molecule has 2 rings (SSSR count). The summed E-state index contributed by atoms with van der Waals surface area (Å²) in [5.74, 6) is -0.338. The van der Waals surface area contributed by atoms with Gasteiger partial charge in [0.1, 0.15) is 0 Å². The lowest BCUT2D eigenvalue weighted by Crippen LogP contribution is -2.47. The molecule has 8 heteroatoms. The molecule has 118 valence electrons. The third kappa shape index (κ3) is 4.53. The fourth-order valence-corrected chi connectivity index (χ4v) is 3.49. The lowest BCUT2D eigenvalue weighted by molar-refractivity contribution is -0.126. The van der Waals surface area contributed by atoms with Crippen LogP contribution >= 0.6 is 0 Å². The standard InChI is InChI=1S/C13H22N4O3S/c1-11(8-16-7-5-14-10-16)15-13(18)12-4-3-6-17(9-12)21(2,19)20/h5,7,10-12H,3-4,6,8-9H2,1-2H3,(H,15,18)/t11-,12+/m1/s1. The second kappa shape index (κ2) is 6.57. The molecular formula is C13H22N4O3S. The number of sulfonamides is 1. The van der Waals surface area contributed by atoms with Gasteiger partial charge in [0.05, 0.1) is 18.5 Å². The number of aromatic nitrogens is 2. The molecule has 0 unspecified atom stereocenters. The summed E-state index contributed by atoms with van der Waals surface area (Å²) in [6.45, 7) is 3.36. The van der Waals surface area contributed by atoms with Crippen molar-refractivity contribution < 1.29 is 13.2 Å². The van der Waals surface area contributed by atoms with Crippen molar-refractivity contribution in [1.29, 1.82) is 0 Å². The third-order valence-corrected chi connectivity index (χ3v) is 4.93. The number of imidazole rings is 1. The van der Waals surface area contributed by atoms with E-state index in [1.165, 1.54) is 10.6 Å². The Morgan fingerprint density at radius 3 is 2.90 bits per heavy atom. The van der Waals surface area contributed by atoms with Gasteiger partial charge in [0.15, 0.2) is 0 Å². The number of nitrogens with zero attached hydrogens (tertiary/aromatic N) is 3. The summed E-state index contributed by atoms with van der Waals surface area (Å²) in [4.78, 5) is 16.2. The van der Waals surface area contributed by atoms with E-state index in [2.05, 4.69) is 10.3 Å². The van der Waals surface area contributed by atoms with E-state index in [0.29, 0.717) is 13.1 Å². The van der Waals surface area contributed by atoms with Crippen molar-refractivity contribution in [3.8, 4) is 0 Å². The number of nitrogens with one attached hydrogen (secondary N) is 1. The molecule has 0 saturated carbocycles. The van der Waals surface area contributed by atoms with Gasteiger partial charge in [-0.25, -0.2) is 17.7 Å². The molecule has 1 amide bonds. The van der Waals surface area contributed by atoms with Crippen LogP contribution in [0.3, 0.4) is 0 Å². The zero-order chi connectivity index (χ0) is 15.5. The molecule has 0 spiro atoms. The number of piperidine rings is 1. The van der Waals surface area contributed by atoms with Gasteiger partial charge in [0.2, 0.25) is 15.9 Å². The first-order valence-electron chi connectivity index (χ1n) is 7.07. The normalized spacial score (nSPS) is 21.9. The minimum Gasteiger partial charge on any atom is -0.352 e. The zero-order valence-electron chi connectivity index (χ0n) is 12.4. The maximum atomic E-state index is 12.3. The van der Waals surface area contributed by atoms with Crippen molar-refractivity contribution in [3.05, 3.63) is 18.7 Å². The summed E-state index contributed by atoms with van der Waals surface area (Å²) in [6, 6.07) is -0.0275. The van der Waals surface area contributed by atoms with Crippen LogP contribution in [0.5, 0.6) is 0 Å². The first kappa shape index (κ1) is 16.0. The van der Waals surface area contributed by atoms with E-state index in [-0.39, 0.29) is 24.4 Å². The number of hydrogen-bond donors (Lipinski definition) is 1. The van der Waals surface area contributed by atoms with E-state index in [1.807, 2.05) is 17.7 Å². The molecule has 1 aromatic heterocycles. The van der Waals surface area contributed by atoms with Crippen LogP contribution in [0.15, 0.2) is 18.7 Å². The predicted octanol–water partition coefficient (Wildman–Crippen LogP) is 0.0594. The first-order valence-corrected chi connectivity index (χ1v) is 8.92. The van der Waals surface area contributed by atoms with Gasteiger partial charge in [-0.15, -0.1) is 0 Å². The van der Waals surface area contributed by atoms with Crippen LogP contribution < -0.4 is 5.32 Å². The average molecular weight is 314 g/mol. The molecule has 1 aliphatic heterocycles. The van der Waals surface area contributed by atoms with Crippen LogP contribution in [0.1, 0.15) is 19.8 Å². The molecule has 0 aromatic carbocycles. The van der Waals surface area contributed by atoms with Gasteiger partial charge in [-0.1, -0.05) is 0 Å². The number of carbonyl (C=O) groups is 1. The summed E-state index contributed by atoms with van der Waals surface area (Å²) in [7, 11) is -3.22. The average Bonchev–Trinajstić information content (AvgIpc) is 2.90. The molecule has 0 aliphatic carbocycles. The Bertz CT molecular complexity index is 570. The van der Waals surface area contributed by atoms with E-state index in [4.69, 9.17) is 0 Å². The van der Waals surface area contributed by atoms with E-state index in [9.17, 15) is 13.2 Å². The highest BCUT2D eigenvalue weighted by Crippen LogP contribution is 2.19. The Morgan fingerprint density at radius 2 is 2.29 bits per heavy atom. The smallest absolute Gasteiger partial charge is 0.224 e. The van der Waals surface area contributed by atoms with Crippen LogP contribution in [-0.2, 0) is 21.4 Å². The molecule has 21 heavy (non-hydrogen) atoms. The molecule has 2 heterocycles. The Kier molecular flexibility index (Phi) is 5.00. The molecular weight excluding hydrogens is 292 g/mol. The SMILES string of the molecule is C[C@H](Cn1ccnc1)NC(=O)[C@H]1CCCN(S(C)(=O)=O)C1. The number of rotatable bonds is 5. The van der Waals surface area contributed by atoms with Crippen molar-refractivity contribution >= 4 is 15.9 Å². The second-order valence-corrected chi connectivity index (χ2v) is 7.61. The molecule has 1 N–H and O–H groups in total. The van der Waals surface area contributed by atoms with Crippen molar-refractivity contribution in [1.82, 2.24) is 19.2 Å². The Morgan fingerprint density at radius 1 is 1.52 bits per heavy atom. The predicted molar refractivity (Wildman–Crippen MR) is 79.0 cm³/mol. The fraction of sp³-hybridized carbons (Fsp3) is 0.692. The van der Waals surface area contributed by atoms with Gasteiger partial charge in [-0.2, -0.15) is 0 Å². The van der Waals surface area contributed by atoms with Gasteiger partial charge >= 0.3 is 0 Å². The van der Waals surface area contributed by atoms with E-state index >= 15 is 0 Å².